The first-order valence-corrected chi connectivity index (χ1v) is 6.39. The molecule has 0 aliphatic rings. The number of aromatic nitrogens is 2. The summed E-state index contributed by atoms with van der Waals surface area (Å²) in [5, 5.41) is 8.26. The van der Waals surface area contributed by atoms with E-state index in [-0.39, 0.29) is 6.04 Å². The third-order valence-corrected chi connectivity index (χ3v) is 3.34. The highest BCUT2D eigenvalue weighted by Gasteiger charge is 2.09. The number of nitrogens with two attached hydrogens (primary N) is 1. The molecular weight excluding hydrogens is 234 g/mol. The lowest BCUT2D eigenvalue weighted by molar-refractivity contribution is 0.429. The van der Waals surface area contributed by atoms with E-state index < -0.39 is 0 Å². The zero-order valence-electron chi connectivity index (χ0n) is 9.88. The van der Waals surface area contributed by atoms with Crippen LogP contribution in [-0.2, 0) is 0 Å². The first-order chi connectivity index (χ1) is 8.15. The Hall–Kier alpha value is -1.33. The molecule has 1 unspecified atom stereocenters. The second kappa shape index (κ2) is 5.33. The third kappa shape index (κ3) is 3.31. The molecule has 2 N–H and O–H groups in total. The van der Waals surface area contributed by atoms with Crippen molar-refractivity contribution in [3.05, 3.63) is 41.3 Å². The van der Waals surface area contributed by atoms with Crippen LogP contribution in [0.15, 0.2) is 33.9 Å². The van der Waals surface area contributed by atoms with Crippen LogP contribution in [0.4, 0.5) is 0 Å². The standard InChI is InChI=1S/C12H15N3OS/c1-8-3-5-10(6-4-8)11(13)7-17-12-15-14-9(2)16-12/h3-6,11H,7,13H2,1-2H3. The summed E-state index contributed by atoms with van der Waals surface area (Å²) in [7, 11) is 0. The minimum atomic E-state index is -0.0205. The van der Waals surface area contributed by atoms with E-state index in [9.17, 15) is 0 Å². The van der Waals surface area contributed by atoms with Crippen LogP contribution < -0.4 is 5.73 Å². The predicted octanol–water partition coefficient (Wildman–Crippen LogP) is 2.48. The molecule has 2 rings (SSSR count). The Labute approximate surface area is 105 Å². The second-order valence-corrected chi connectivity index (χ2v) is 4.89. The molecule has 0 saturated carbocycles. The maximum atomic E-state index is 6.09. The lowest BCUT2D eigenvalue weighted by atomic mass is 10.1. The van der Waals surface area contributed by atoms with Crippen LogP contribution in [0.1, 0.15) is 23.1 Å². The van der Waals surface area contributed by atoms with Crippen molar-refractivity contribution < 1.29 is 4.42 Å². The summed E-state index contributed by atoms with van der Waals surface area (Å²) in [5.41, 5.74) is 8.45. The molecule has 2 aromatic rings. The van der Waals surface area contributed by atoms with Crippen LogP contribution in [-0.4, -0.2) is 16.0 Å². The molecule has 1 heterocycles. The SMILES string of the molecule is Cc1ccc(C(N)CSc2nnc(C)o2)cc1. The first kappa shape index (κ1) is 12.1. The van der Waals surface area contributed by atoms with Crippen molar-refractivity contribution in [3.8, 4) is 0 Å². The second-order valence-electron chi connectivity index (χ2n) is 3.92. The molecule has 90 valence electrons. The van der Waals surface area contributed by atoms with E-state index in [1.54, 1.807) is 6.92 Å². The molecule has 0 fully saturated rings. The molecular formula is C12H15N3OS. The summed E-state index contributed by atoms with van der Waals surface area (Å²) in [6.07, 6.45) is 0. The minimum absolute atomic E-state index is 0.0205. The zero-order valence-corrected chi connectivity index (χ0v) is 10.7. The lowest BCUT2D eigenvalue weighted by Gasteiger charge is -2.10. The molecule has 5 heteroatoms. The van der Waals surface area contributed by atoms with Gasteiger partial charge in [0, 0.05) is 18.7 Å². The Kier molecular flexibility index (Phi) is 3.81. The highest BCUT2D eigenvalue weighted by Crippen LogP contribution is 2.22. The van der Waals surface area contributed by atoms with Gasteiger partial charge in [-0.3, -0.25) is 0 Å². The number of rotatable bonds is 4. The lowest BCUT2D eigenvalue weighted by Crippen LogP contribution is -2.12. The fourth-order valence-corrected chi connectivity index (χ4v) is 2.20. The fourth-order valence-electron chi connectivity index (χ4n) is 1.41. The van der Waals surface area contributed by atoms with Gasteiger partial charge in [-0.25, -0.2) is 0 Å². The summed E-state index contributed by atoms with van der Waals surface area (Å²) in [6, 6.07) is 8.22. The van der Waals surface area contributed by atoms with Gasteiger partial charge in [-0.15, -0.1) is 10.2 Å². The normalized spacial score (nSPS) is 12.6. The Balaban J connectivity index is 1.93. The van der Waals surface area contributed by atoms with Crippen LogP contribution in [0.2, 0.25) is 0 Å². The van der Waals surface area contributed by atoms with Crippen LogP contribution in [0.5, 0.6) is 0 Å². The summed E-state index contributed by atoms with van der Waals surface area (Å²) in [6.45, 7) is 3.84. The van der Waals surface area contributed by atoms with Crippen LogP contribution in [0.25, 0.3) is 0 Å². The largest absolute Gasteiger partial charge is 0.416 e. The monoisotopic (exact) mass is 249 g/mol. The van der Waals surface area contributed by atoms with Gasteiger partial charge in [0.2, 0.25) is 5.89 Å². The van der Waals surface area contributed by atoms with Gasteiger partial charge in [0.05, 0.1) is 0 Å². The first-order valence-electron chi connectivity index (χ1n) is 5.40. The Morgan fingerprint density at radius 3 is 2.53 bits per heavy atom. The molecule has 0 saturated heterocycles. The third-order valence-electron chi connectivity index (χ3n) is 2.40. The van der Waals surface area contributed by atoms with Gasteiger partial charge >= 0.3 is 0 Å². The van der Waals surface area contributed by atoms with E-state index in [0.29, 0.717) is 11.1 Å². The van der Waals surface area contributed by atoms with E-state index in [1.165, 1.54) is 17.3 Å². The number of hydrogen-bond donors (Lipinski definition) is 1. The summed E-state index contributed by atoms with van der Waals surface area (Å²) >= 11 is 1.48. The van der Waals surface area contributed by atoms with E-state index in [2.05, 4.69) is 41.4 Å². The van der Waals surface area contributed by atoms with Gasteiger partial charge in [-0.1, -0.05) is 41.6 Å². The van der Waals surface area contributed by atoms with Gasteiger partial charge in [0.1, 0.15) is 0 Å². The van der Waals surface area contributed by atoms with Gasteiger partial charge in [0.25, 0.3) is 5.22 Å². The quantitative estimate of drug-likeness (QED) is 0.843. The van der Waals surface area contributed by atoms with Gasteiger partial charge < -0.3 is 10.2 Å². The molecule has 0 bridgehead atoms. The summed E-state index contributed by atoms with van der Waals surface area (Å²) in [5.74, 6) is 1.31. The Morgan fingerprint density at radius 2 is 1.94 bits per heavy atom. The van der Waals surface area contributed by atoms with Crippen molar-refractivity contribution in [1.29, 1.82) is 0 Å². The van der Waals surface area contributed by atoms with E-state index in [1.807, 2.05) is 0 Å². The van der Waals surface area contributed by atoms with Crippen molar-refractivity contribution in [2.24, 2.45) is 5.73 Å². The summed E-state index contributed by atoms with van der Waals surface area (Å²) in [4.78, 5) is 0. The molecule has 0 spiro atoms. The van der Waals surface area contributed by atoms with Crippen molar-refractivity contribution >= 4 is 11.8 Å². The van der Waals surface area contributed by atoms with Gasteiger partial charge in [0.15, 0.2) is 0 Å². The highest BCUT2D eigenvalue weighted by molar-refractivity contribution is 7.99. The van der Waals surface area contributed by atoms with E-state index in [0.717, 1.165) is 11.3 Å². The topological polar surface area (TPSA) is 64.9 Å². The van der Waals surface area contributed by atoms with Crippen molar-refractivity contribution in [1.82, 2.24) is 10.2 Å². The van der Waals surface area contributed by atoms with Crippen molar-refractivity contribution in [2.45, 2.75) is 25.1 Å². The van der Waals surface area contributed by atoms with Crippen molar-refractivity contribution in [3.63, 3.8) is 0 Å². The molecule has 0 amide bonds. The van der Waals surface area contributed by atoms with Gasteiger partial charge in [-0.2, -0.15) is 0 Å². The average Bonchev–Trinajstić information content (AvgIpc) is 2.73. The highest BCUT2D eigenvalue weighted by atomic mass is 32.2. The van der Waals surface area contributed by atoms with E-state index >= 15 is 0 Å². The molecule has 0 aliphatic heterocycles. The maximum Gasteiger partial charge on any atom is 0.276 e. The number of thioether (sulfide) groups is 1. The number of hydrogen-bond acceptors (Lipinski definition) is 5. The number of aryl methyl sites for hydroxylation is 2. The number of nitrogens with zero attached hydrogens (tertiary/aromatic N) is 2. The smallest absolute Gasteiger partial charge is 0.276 e. The fraction of sp³-hybridized carbons (Fsp3) is 0.333. The van der Waals surface area contributed by atoms with Crippen LogP contribution in [0.3, 0.4) is 0 Å². The molecule has 1 aromatic heterocycles. The van der Waals surface area contributed by atoms with Gasteiger partial charge in [-0.05, 0) is 12.5 Å². The molecule has 1 atom stereocenters. The molecule has 1 aromatic carbocycles. The average molecular weight is 249 g/mol. The molecule has 4 nitrogen and oxygen atoms in total. The maximum absolute atomic E-state index is 6.09. The van der Waals surface area contributed by atoms with Crippen molar-refractivity contribution in [2.75, 3.05) is 5.75 Å². The van der Waals surface area contributed by atoms with E-state index in [4.69, 9.17) is 10.2 Å². The predicted molar refractivity (Wildman–Crippen MR) is 67.9 cm³/mol. The molecule has 0 radical (unpaired) electrons. The van der Waals surface area contributed by atoms with Crippen LogP contribution >= 0.6 is 11.8 Å². The Bertz CT molecular complexity index is 481. The zero-order chi connectivity index (χ0) is 12.3. The summed E-state index contributed by atoms with van der Waals surface area (Å²) < 4.78 is 5.27. The molecule has 0 aliphatic carbocycles. The minimum Gasteiger partial charge on any atom is -0.416 e. The van der Waals surface area contributed by atoms with Crippen LogP contribution in [0, 0.1) is 13.8 Å². The Morgan fingerprint density at radius 1 is 1.24 bits per heavy atom. The number of benzene rings is 1. The molecule has 17 heavy (non-hydrogen) atoms.